The average Bonchev–Trinajstić information content (AvgIpc) is 3.31. The molecule has 0 aliphatic carbocycles. The molecule has 0 saturated carbocycles. The van der Waals surface area contributed by atoms with Gasteiger partial charge in [-0.25, -0.2) is 8.42 Å². The topological polar surface area (TPSA) is 75.7 Å². The fraction of sp³-hybridized carbons (Fsp3) is 0.0800. The number of rotatable bonds is 7. The number of thiophene rings is 1. The molecule has 1 aromatic heterocycles. The fourth-order valence-electron chi connectivity index (χ4n) is 3.35. The average molecular weight is 479 g/mol. The molecule has 1 amide bonds. The van der Waals surface area contributed by atoms with Crippen LogP contribution in [0, 0.1) is 0 Å². The summed E-state index contributed by atoms with van der Waals surface area (Å²) >= 11 is 1.11. The highest BCUT2D eigenvalue weighted by atomic mass is 32.2. The minimum Gasteiger partial charge on any atom is -0.497 e. The third-order valence-electron chi connectivity index (χ3n) is 5.12. The van der Waals surface area contributed by atoms with E-state index >= 15 is 0 Å². The molecule has 0 spiro atoms. The van der Waals surface area contributed by atoms with E-state index in [9.17, 15) is 13.2 Å². The highest BCUT2D eigenvalue weighted by Crippen LogP contribution is 2.38. The van der Waals surface area contributed by atoms with Crippen LogP contribution in [0.3, 0.4) is 0 Å². The van der Waals surface area contributed by atoms with Gasteiger partial charge in [-0.2, -0.15) is 0 Å². The molecule has 3 aromatic carbocycles. The van der Waals surface area contributed by atoms with Gasteiger partial charge in [0, 0.05) is 23.7 Å². The summed E-state index contributed by atoms with van der Waals surface area (Å²) in [5, 5.41) is 4.51. The minimum atomic E-state index is -4.07. The van der Waals surface area contributed by atoms with Gasteiger partial charge in [-0.05, 0) is 42.0 Å². The van der Waals surface area contributed by atoms with Gasteiger partial charge in [-0.15, -0.1) is 11.3 Å². The van der Waals surface area contributed by atoms with Crippen LogP contribution in [0.5, 0.6) is 5.75 Å². The normalized spacial score (nSPS) is 11.1. The quantitative estimate of drug-likeness (QED) is 0.381. The lowest BCUT2D eigenvalue weighted by molar-refractivity contribution is 0.102. The molecule has 0 aliphatic heterocycles. The second-order valence-electron chi connectivity index (χ2n) is 7.16. The van der Waals surface area contributed by atoms with Crippen molar-refractivity contribution < 1.29 is 17.9 Å². The number of amides is 1. The smallest absolute Gasteiger partial charge is 0.267 e. The minimum absolute atomic E-state index is 0.0227. The molecule has 6 nitrogen and oxygen atoms in total. The van der Waals surface area contributed by atoms with Gasteiger partial charge in [0.1, 0.15) is 15.5 Å². The van der Waals surface area contributed by atoms with Crippen LogP contribution in [-0.2, 0) is 10.0 Å². The number of benzene rings is 3. The van der Waals surface area contributed by atoms with Crippen LogP contribution in [0.1, 0.15) is 9.67 Å². The lowest BCUT2D eigenvalue weighted by Crippen LogP contribution is -2.28. The molecule has 0 aliphatic rings. The summed E-state index contributed by atoms with van der Waals surface area (Å²) in [6.07, 6.45) is 0. The number of hydrogen-bond donors (Lipinski definition) is 1. The number of ether oxygens (including phenoxy) is 1. The van der Waals surface area contributed by atoms with Crippen molar-refractivity contribution in [2.24, 2.45) is 0 Å². The van der Waals surface area contributed by atoms with Gasteiger partial charge in [-0.3, -0.25) is 9.10 Å². The predicted octanol–water partition coefficient (Wildman–Crippen LogP) is 5.50. The summed E-state index contributed by atoms with van der Waals surface area (Å²) < 4.78 is 34.0. The zero-order valence-corrected chi connectivity index (χ0v) is 19.7. The van der Waals surface area contributed by atoms with Gasteiger partial charge in [0.05, 0.1) is 12.8 Å². The van der Waals surface area contributed by atoms with E-state index in [-0.39, 0.29) is 9.77 Å². The van der Waals surface area contributed by atoms with Crippen molar-refractivity contribution in [1.29, 1.82) is 0 Å². The van der Waals surface area contributed by atoms with Gasteiger partial charge in [0.15, 0.2) is 0 Å². The molecule has 0 atom stereocenters. The Bertz CT molecular complexity index is 1350. The number of anilines is 2. The maximum atomic E-state index is 13.8. The van der Waals surface area contributed by atoms with E-state index in [1.165, 1.54) is 11.4 Å². The number of carbonyl (C=O) groups is 1. The number of methoxy groups -OCH3 is 1. The highest BCUT2D eigenvalue weighted by molar-refractivity contribution is 7.93. The third-order valence-corrected chi connectivity index (χ3v) is 8.10. The molecule has 1 N–H and O–H groups in total. The van der Waals surface area contributed by atoms with Crippen molar-refractivity contribution in [2.45, 2.75) is 4.90 Å². The predicted molar refractivity (Wildman–Crippen MR) is 133 cm³/mol. The van der Waals surface area contributed by atoms with Crippen molar-refractivity contribution in [3.63, 3.8) is 0 Å². The molecule has 0 radical (unpaired) electrons. The zero-order valence-electron chi connectivity index (χ0n) is 18.1. The van der Waals surface area contributed by atoms with Crippen LogP contribution in [-0.4, -0.2) is 28.5 Å². The summed E-state index contributed by atoms with van der Waals surface area (Å²) in [6.45, 7) is 0. The fourth-order valence-corrected chi connectivity index (χ4v) is 6.21. The molecule has 33 heavy (non-hydrogen) atoms. The Morgan fingerprint density at radius 2 is 1.52 bits per heavy atom. The molecular formula is C25H22N2O4S2. The van der Waals surface area contributed by atoms with Crippen LogP contribution in [0.2, 0.25) is 0 Å². The highest BCUT2D eigenvalue weighted by Gasteiger charge is 2.32. The van der Waals surface area contributed by atoms with Crippen LogP contribution >= 0.6 is 11.3 Å². The molecule has 0 fully saturated rings. The standard InChI is InChI=1S/C25H22N2O4S2/c1-27(20-13-15-21(31-2)16-14-20)33(29,30)24-22(18-9-5-3-6-10-18)17-32-23(24)25(28)26-19-11-7-4-8-12-19/h3-17H,1-2H3,(H,26,28). The number of para-hydroxylation sites is 1. The Labute approximate surface area is 197 Å². The Morgan fingerprint density at radius 1 is 0.909 bits per heavy atom. The first-order valence-electron chi connectivity index (χ1n) is 10.1. The van der Waals surface area contributed by atoms with Gasteiger partial charge in [0.2, 0.25) is 0 Å². The Morgan fingerprint density at radius 3 is 2.12 bits per heavy atom. The Balaban J connectivity index is 1.81. The lowest BCUT2D eigenvalue weighted by Gasteiger charge is -2.21. The molecular weight excluding hydrogens is 456 g/mol. The van der Waals surface area contributed by atoms with E-state index < -0.39 is 15.9 Å². The monoisotopic (exact) mass is 478 g/mol. The Hall–Kier alpha value is -3.62. The summed E-state index contributed by atoms with van der Waals surface area (Å²) in [6, 6.07) is 24.8. The van der Waals surface area contributed by atoms with Crippen molar-refractivity contribution in [2.75, 3.05) is 23.8 Å². The molecule has 1 heterocycles. The first kappa shape index (κ1) is 22.6. The van der Waals surface area contributed by atoms with Crippen LogP contribution in [0.4, 0.5) is 11.4 Å². The number of sulfonamides is 1. The Kier molecular flexibility index (Phi) is 6.48. The zero-order chi connectivity index (χ0) is 23.4. The van der Waals surface area contributed by atoms with Gasteiger partial charge < -0.3 is 10.1 Å². The van der Waals surface area contributed by atoms with E-state index in [0.717, 1.165) is 11.3 Å². The van der Waals surface area contributed by atoms with Crippen molar-refractivity contribution in [3.8, 4) is 16.9 Å². The number of nitrogens with zero attached hydrogens (tertiary/aromatic N) is 1. The summed E-state index contributed by atoms with van der Waals surface area (Å²) in [7, 11) is -1.05. The third kappa shape index (κ3) is 4.62. The number of hydrogen-bond acceptors (Lipinski definition) is 5. The van der Waals surface area contributed by atoms with E-state index in [1.807, 2.05) is 36.4 Å². The molecule has 0 bridgehead atoms. The molecule has 0 saturated heterocycles. The molecule has 168 valence electrons. The SMILES string of the molecule is COc1ccc(N(C)S(=O)(=O)c2c(-c3ccccc3)csc2C(=O)Nc2ccccc2)cc1. The first-order valence-corrected chi connectivity index (χ1v) is 12.4. The van der Waals surface area contributed by atoms with Gasteiger partial charge in [0.25, 0.3) is 15.9 Å². The molecule has 4 aromatic rings. The second kappa shape index (κ2) is 9.48. The van der Waals surface area contributed by atoms with E-state index in [1.54, 1.807) is 61.0 Å². The number of carbonyl (C=O) groups excluding carboxylic acids is 1. The summed E-state index contributed by atoms with van der Waals surface area (Å²) in [5.74, 6) is 0.142. The molecule has 8 heteroatoms. The first-order chi connectivity index (χ1) is 15.9. The maximum absolute atomic E-state index is 13.8. The van der Waals surface area contributed by atoms with Crippen LogP contribution in [0.25, 0.3) is 11.1 Å². The summed E-state index contributed by atoms with van der Waals surface area (Å²) in [5.41, 5.74) is 2.24. The van der Waals surface area contributed by atoms with E-state index in [0.29, 0.717) is 28.3 Å². The summed E-state index contributed by atoms with van der Waals surface area (Å²) in [4.78, 5) is 13.3. The van der Waals surface area contributed by atoms with E-state index in [4.69, 9.17) is 4.74 Å². The van der Waals surface area contributed by atoms with Crippen LogP contribution in [0.15, 0.2) is 95.2 Å². The van der Waals surface area contributed by atoms with Gasteiger partial charge >= 0.3 is 0 Å². The lowest BCUT2D eigenvalue weighted by atomic mass is 10.1. The number of nitrogens with one attached hydrogen (secondary N) is 1. The van der Waals surface area contributed by atoms with Gasteiger partial charge in [-0.1, -0.05) is 48.5 Å². The van der Waals surface area contributed by atoms with Crippen molar-refractivity contribution >= 4 is 38.6 Å². The molecule has 0 unspecified atom stereocenters. The van der Waals surface area contributed by atoms with Crippen molar-refractivity contribution in [1.82, 2.24) is 0 Å². The van der Waals surface area contributed by atoms with Crippen LogP contribution < -0.4 is 14.4 Å². The molecule has 4 rings (SSSR count). The maximum Gasteiger partial charge on any atom is 0.267 e. The second-order valence-corrected chi connectivity index (χ2v) is 9.95. The van der Waals surface area contributed by atoms with E-state index in [2.05, 4.69) is 5.32 Å². The largest absolute Gasteiger partial charge is 0.497 e. The van der Waals surface area contributed by atoms with Crippen molar-refractivity contribution in [3.05, 3.63) is 95.2 Å².